The number of nitrogens with one attached hydrogen (secondary N) is 1. The minimum Gasteiger partial charge on any atom is -0.462 e. The summed E-state index contributed by atoms with van der Waals surface area (Å²) in [4.78, 5) is 51.4. The third-order valence-electron chi connectivity index (χ3n) is 6.28. The Balaban J connectivity index is 1.23. The van der Waals surface area contributed by atoms with Crippen molar-refractivity contribution < 1.29 is 28.3 Å². The SMILES string of the molecule is CCCCOC(=O)c1ccc(-c2ccc(/C=C3/SC(=O)N(CC(=O)Nc4cccc5ccccc45)C3=O)o2)cc1. The van der Waals surface area contributed by atoms with Crippen LogP contribution in [0.2, 0.25) is 0 Å². The van der Waals surface area contributed by atoms with Gasteiger partial charge in [-0.15, -0.1) is 0 Å². The minimum absolute atomic E-state index is 0.161. The van der Waals surface area contributed by atoms with Crippen LogP contribution < -0.4 is 5.32 Å². The van der Waals surface area contributed by atoms with Crippen LogP contribution >= 0.6 is 11.8 Å². The van der Waals surface area contributed by atoms with Crippen LogP contribution in [0.1, 0.15) is 35.9 Å². The number of ether oxygens (including phenoxy) is 1. The summed E-state index contributed by atoms with van der Waals surface area (Å²) < 4.78 is 11.1. The molecule has 9 heteroatoms. The molecule has 8 nitrogen and oxygen atoms in total. The number of furan rings is 1. The first-order valence-corrected chi connectivity index (χ1v) is 13.6. The highest BCUT2D eigenvalue weighted by Gasteiger charge is 2.36. The van der Waals surface area contributed by atoms with Crippen molar-refractivity contribution in [1.29, 1.82) is 0 Å². The number of unbranched alkanes of at least 4 members (excludes halogenated alkanes) is 1. The smallest absolute Gasteiger partial charge is 0.338 e. The van der Waals surface area contributed by atoms with Crippen molar-refractivity contribution in [2.24, 2.45) is 0 Å². The van der Waals surface area contributed by atoms with Crippen LogP contribution in [-0.2, 0) is 14.3 Å². The van der Waals surface area contributed by atoms with Gasteiger partial charge in [0.1, 0.15) is 18.1 Å². The highest BCUT2D eigenvalue weighted by atomic mass is 32.2. The van der Waals surface area contributed by atoms with E-state index < -0.39 is 23.6 Å². The second-order valence-electron chi connectivity index (χ2n) is 9.11. The zero-order chi connectivity index (χ0) is 28.1. The molecule has 4 aromatic rings. The Morgan fingerprint density at radius 1 is 0.975 bits per heavy atom. The number of nitrogens with zero attached hydrogens (tertiary/aromatic N) is 1. The first kappa shape index (κ1) is 27.0. The maximum Gasteiger partial charge on any atom is 0.338 e. The first-order chi connectivity index (χ1) is 19.4. The molecule has 0 unspecified atom stereocenters. The molecule has 1 fully saturated rings. The molecule has 1 saturated heterocycles. The second-order valence-corrected chi connectivity index (χ2v) is 10.1. The van der Waals surface area contributed by atoms with Gasteiger partial charge in [-0.25, -0.2) is 4.79 Å². The predicted octanol–water partition coefficient (Wildman–Crippen LogP) is 6.73. The number of anilines is 1. The lowest BCUT2D eigenvalue weighted by molar-refractivity contribution is -0.127. The number of benzene rings is 3. The average Bonchev–Trinajstić information content (AvgIpc) is 3.53. The Morgan fingerprint density at radius 3 is 2.55 bits per heavy atom. The Bertz CT molecular complexity index is 1620. The van der Waals surface area contributed by atoms with E-state index in [1.807, 2.05) is 43.3 Å². The Hall–Kier alpha value is -4.63. The molecule has 0 atom stereocenters. The summed E-state index contributed by atoms with van der Waals surface area (Å²) in [5.74, 6) is -0.499. The molecule has 0 saturated carbocycles. The van der Waals surface area contributed by atoms with Gasteiger partial charge in [0.15, 0.2) is 0 Å². The summed E-state index contributed by atoms with van der Waals surface area (Å²) in [6.45, 7) is 2.01. The van der Waals surface area contributed by atoms with E-state index in [9.17, 15) is 19.2 Å². The van der Waals surface area contributed by atoms with E-state index >= 15 is 0 Å². The average molecular weight is 555 g/mol. The number of imide groups is 1. The maximum atomic E-state index is 12.9. The lowest BCUT2D eigenvalue weighted by Gasteiger charge is -2.13. The van der Waals surface area contributed by atoms with E-state index in [-0.39, 0.29) is 10.9 Å². The van der Waals surface area contributed by atoms with Gasteiger partial charge in [0.05, 0.1) is 17.1 Å². The molecular weight excluding hydrogens is 528 g/mol. The summed E-state index contributed by atoms with van der Waals surface area (Å²) >= 11 is 0.753. The molecule has 1 aliphatic heterocycles. The van der Waals surface area contributed by atoms with E-state index in [1.54, 1.807) is 42.5 Å². The number of carbonyl (C=O) groups excluding carboxylic acids is 4. The molecule has 40 heavy (non-hydrogen) atoms. The number of thioether (sulfide) groups is 1. The number of amides is 3. The van der Waals surface area contributed by atoms with Gasteiger partial charge in [-0.3, -0.25) is 19.3 Å². The molecular formula is C31H26N2O6S. The highest BCUT2D eigenvalue weighted by molar-refractivity contribution is 8.18. The fourth-order valence-electron chi connectivity index (χ4n) is 4.18. The lowest BCUT2D eigenvalue weighted by atomic mass is 10.1. The fraction of sp³-hybridized carbons (Fsp3) is 0.161. The Morgan fingerprint density at radius 2 is 1.75 bits per heavy atom. The van der Waals surface area contributed by atoms with Crippen molar-refractivity contribution in [2.75, 3.05) is 18.5 Å². The number of esters is 1. The largest absolute Gasteiger partial charge is 0.462 e. The number of rotatable bonds is 9. The number of hydrogen-bond donors (Lipinski definition) is 1. The fourth-order valence-corrected chi connectivity index (χ4v) is 5.00. The highest BCUT2D eigenvalue weighted by Crippen LogP contribution is 2.33. The van der Waals surface area contributed by atoms with Gasteiger partial charge in [-0.2, -0.15) is 0 Å². The van der Waals surface area contributed by atoms with Gasteiger partial charge >= 0.3 is 5.97 Å². The van der Waals surface area contributed by atoms with Crippen molar-refractivity contribution >= 4 is 57.3 Å². The van der Waals surface area contributed by atoms with E-state index in [4.69, 9.17) is 9.15 Å². The van der Waals surface area contributed by atoms with Crippen LogP contribution in [0.4, 0.5) is 10.5 Å². The van der Waals surface area contributed by atoms with E-state index in [0.29, 0.717) is 29.4 Å². The van der Waals surface area contributed by atoms with Crippen molar-refractivity contribution in [3.05, 3.63) is 95.1 Å². The molecule has 3 amide bonds. The minimum atomic E-state index is -0.563. The van der Waals surface area contributed by atoms with Crippen LogP contribution in [0.5, 0.6) is 0 Å². The molecule has 0 bridgehead atoms. The lowest BCUT2D eigenvalue weighted by Crippen LogP contribution is -2.36. The third-order valence-corrected chi connectivity index (χ3v) is 7.18. The topological polar surface area (TPSA) is 106 Å². The molecule has 202 valence electrons. The molecule has 2 heterocycles. The molecule has 5 rings (SSSR count). The quantitative estimate of drug-likeness (QED) is 0.139. The standard InChI is InChI=1S/C31H26N2O6S/c1-2-3-17-38-30(36)22-13-11-21(12-14-22)26-16-15-23(39-26)18-27-29(35)33(31(37)40-27)19-28(34)32-25-10-6-8-20-7-4-5-9-24(20)25/h4-16,18H,2-3,17,19H2,1H3,(H,32,34)/b27-18+. The molecule has 3 aromatic carbocycles. The first-order valence-electron chi connectivity index (χ1n) is 12.8. The van der Waals surface area contributed by atoms with Crippen molar-refractivity contribution in [3.8, 4) is 11.3 Å². The van der Waals surface area contributed by atoms with Crippen molar-refractivity contribution in [2.45, 2.75) is 19.8 Å². The molecule has 0 radical (unpaired) electrons. The molecule has 0 spiro atoms. The molecule has 1 aliphatic rings. The van der Waals surface area contributed by atoms with E-state index in [2.05, 4.69) is 5.32 Å². The van der Waals surface area contributed by atoms with Crippen LogP contribution in [0.15, 0.2) is 88.2 Å². The monoisotopic (exact) mass is 554 g/mol. The number of fused-ring (bicyclic) bond motifs is 1. The van der Waals surface area contributed by atoms with E-state index in [0.717, 1.165) is 45.8 Å². The maximum absolute atomic E-state index is 12.9. The predicted molar refractivity (Wildman–Crippen MR) is 155 cm³/mol. The van der Waals surface area contributed by atoms with Crippen LogP contribution in [0.25, 0.3) is 28.2 Å². The Kier molecular flexibility index (Phi) is 8.12. The van der Waals surface area contributed by atoms with Crippen LogP contribution in [0, 0.1) is 0 Å². The second kappa shape index (κ2) is 12.0. The van der Waals surface area contributed by atoms with Gasteiger partial charge < -0.3 is 14.5 Å². The van der Waals surface area contributed by atoms with Crippen molar-refractivity contribution in [3.63, 3.8) is 0 Å². The Labute approximate surface area is 235 Å². The summed E-state index contributed by atoms with van der Waals surface area (Å²) in [5.41, 5.74) is 1.79. The van der Waals surface area contributed by atoms with Gasteiger partial charge in [-0.05, 0) is 53.9 Å². The summed E-state index contributed by atoms with van der Waals surface area (Å²) in [7, 11) is 0. The van der Waals surface area contributed by atoms with Gasteiger partial charge in [0.25, 0.3) is 11.1 Å². The van der Waals surface area contributed by atoms with Gasteiger partial charge in [-0.1, -0.05) is 61.9 Å². The van der Waals surface area contributed by atoms with Gasteiger partial charge in [0.2, 0.25) is 5.91 Å². The summed E-state index contributed by atoms with van der Waals surface area (Å²) in [5, 5.41) is 4.10. The zero-order valence-electron chi connectivity index (χ0n) is 21.7. The number of hydrogen-bond acceptors (Lipinski definition) is 7. The molecule has 1 N–H and O–H groups in total. The zero-order valence-corrected chi connectivity index (χ0v) is 22.5. The van der Waals surface area contributed by atoms with Crippen LogP contribution in [-0.4, -0.2) is 41.1 Å². The molecule has 0 aliphatic carbocycles. The third kappa shape index (κ3) is 6.00. The summed E-state index contributed by atoms with van der Waals surface area (Å²) in [6, 6.07) is 23.4. The summed E-state index contributed by atoms with van der Waals surface area (Å²) in [6.07, 6.45) is 3.24. The van der Waals surface area contributed by atoms with E-state index in [1.165, 1.54) is 6.08 Å². The molecule has 1 aromatic heterocycles. The van der Waals surface area contributed by atoms with Crippen molar-refractivity contribution in [1.82, 2.24) is 4.90 Å². The van der Waals surface area contributed by atoms with Gasteiger partial charge in [0, 0.05) is 22.7 Å². The normalized spacial score (nSPS) is 14.2. The number of carbonyl (C=O) groups is 4. The van der Waals surface area contributed by atoms with Crippen LogP contribution in [0.3, 0.4) is 0 Å².